The highest BCUT2D eigenvalue weighted by Crippen LogP contribution is 2.26. The van der Waals surface area contributed by atoms with Gasteiger partial charge in [-0.05, 0) is 43.5 Å². The third kappa shape index (κ3) is 4.25. The van der Waals surface area contributed by atoms with Gasteiger partial charge < -0.3 is 5.11 Å². The van der Waals surface area contributed by atoms with E-state index in [1.54, 1.807) is 18.2 Å². The van der Waals surface area contributed by atoms with E-state index in [2.05, 4.69) is 6.58 Å². The van der Waals surface area contributed by atoms with Crippen LogP contribution in [0.2, 0.25) is 10.0 Å². The lowest BCUT2D eigenvalue weighted by Crippen LogP contribution is -1.97. The minimum absolute atomic E-state index is 0.530. The molecule has 1 nitrogen and oxygen atoms in total. The summed E-state index contributed by atoms with van der Waals surface area (Å²) >= 11 is 11.7. The van der Waals surface area contributed by atoms with Gasteiger partial charge in [0.1, 0.15) is 0 Å². The van der Waals surface area contributed by atoms with Crippen LogP contribution in [0.3, 0.4) is 0 Å². The maximum absolute atomic E-state index is 9.86. The minimum Gasteiger partial charge on any atom is -0.388 e. The number of allylic oxidation sites excluding steroid dienone is 1. The van der Waals surface area contributed by atoms with Crippen molar-refractivity contribution in [2.45, 2.75) is 25.9 Å². The second-order valence-electron chi connectivity index (χ2n) is 3.71. The van der Waals surface area contributed by atoms with Gasteiger partial charge in [0.05, 0.1) is 6.10 Å². The van der Waals surface area contributed by atoms with Gasteiger partial charge >= 0.3 is 0 Å². The number of halogens is 2. The summed E-state index contributed by atoms with van der Waals surface area (Å²) in [6, 6.07) is 5.12. The smallest absolute Gasteiger partial charge is 0.0794 e. The number of aliphatic hydroxyl groups is 1. The molecule has 0 amide bonds. The van der Waals surface area contributed by atoms with Crippen molar-refractivity contribution < 1.29 is 5.11 Å². The molecule has 0 aliphatic carbocycles. The van der Waals surface area contributed by atoms with Crippen molar-refractivity contribution in [2.75, 3.05) is 0 Å². The fourth-order valence-electron chi connectivity index (χ4n) is 1.32. The minimum atomic E-state index is -0.530. The molecule has 0 aliphatic heterocycles. The summed E-state index contributed by atoms with van der Waals surface area (Å²) in [5.41, 5.74) is 1.82. The number of aliphatic hydroxyl groups excluding tert-OH is 1. The van der Waals surface area contributed by atoms with Crippen LogP contribution in [-0.4, -0.2) is 5.11 Å². The van der Waals surface area contributed by atoms with Crippen LogP contribution in [-0.2, 0) is 0 Å². The molecule has 1 rings (SSSR count). The maximum Gasteiger partial charge on any atom is 0.0794 e. The molecule has 1 aromatic carbocycles. The number of benzene rings is 1. The van der Waals surface area contributed by atoms with Gasteiger partial charge in [-0.15, -0.1) is 6.58 Å². The Hall–Kier alpha value is -0.500. The standard InChI is InChI=1S/C12H14Cl2O/c1-8(2)3-4-12(15)9-5-10(13)7-11(14)6-9/h5-7,12,15H,1,3-4H2,2H3. The average molecular weight is 245 g/mol. The van der Waals surface area contributed by atoms with Crippen molar-refractivity contribution in [3.63, 3.8) is 0 Å². The van der Waals surface area contributed by atoms with Gasteiger partial charge in [0.2, 0.25) is 0 Å². The molecule has 0 saturated carbocycles. The summed E-state index contributed by atoms with van der Waals surface area (Å²) in [4.78, 5) is 0. The summed E-state index contributed by atoms with van der Waals surface area (Å²) in [6.07, 6.45) is 0.912. The van der Waals surface area contributed by atoms with E-state index in [9.17, 15) is 5.11 Å². The molecule has 0 bridgehead atoms. The summed E-state index contributed by atoms with van der Waals surface area (Å²) in [6.45, 7) is 5.73. The molecule has 0 fully saturated rings. The topological polar surface area (TPSA) is 20.2 Å². The zero-order valence-corrected chi connectivity index (χ0v) is 10.1. The first-order chi connectivity index (χ1) is 6.99. The quantitative estimate of drug-likeness (QED) is 0.780. The van der Waals surface area contributed by atoms with Crippen LogP contribution in [0.4, 0.5) is 0 Å². The highest BCUT2D eigenvalue weighted by molar-refractivity contribution is 6.34. The monoisotopic (exact) mass is 244 g/mol. The molecule has 0 heterocycles. The molecule has 3 heteroatoms. The molecule has 0 aromatic heterocycles. The van der Waals surface area contributed by atoms with Crippen LogP contribution >= 0.6 is 23.2 Å². The lowest BCUT2D eigenvalue weighted by Gasteiger charge is -2.11. The Morgan fingerprint density at radius 1 is 1.33 bits per heavy atom. The molecule has 82 valence electrons. The molecule has 0 radical (unpaired) electrons. The lowest BCUT2D eigenvalue weighted by atomic mass is 10.0. The molecule has 1 unspecified atom stereocenters. The maximum atomic E-state index is 9.86. The van der Waals surface area contributed by atoms with E-state index in [4.69, 9.17) is 23.2 Å². The van der Waals surface area contributed by atoms with E-state index < -0.39 is 6.10 Å². The van der Waals surface area contributed by atoms with Crippen molar-refractivity contribution >= 4 is 23.2 Å². The Bertz CT molecular complexity index is 340. The summed E-state index contributed by atoms with van der Waals surface area (Å²) in [5.74, 6) is 0. The van der Waals surface area contributed by atoms with Gasteiger partial charge in [-0.2, -0.15) is 0 Å². The van der Waals surface area contributed by atoms with Crippen molar-refractivity contribution in [1.29, 1.82) is 0 Å². The van der Waals surface area contributed by atoms with Gasteiger partial charge in [-0.1, -0.05) is 28.8 Å². The molecule has 0 spiro atoms. The van der Waals surface area contributed by atoms with Crippen LogP contribution < -0.4 is 0 Å². The van der Waals surface area contributed by atoms with Gasteiger partial charge in [0.15, 0.2) is 0 Å². The van der Waals surface area contributed by atoms with Crippen molar-refractivity contribution in [1.82, 2.24) is 0 Å². The Labute approximate surface area is 100 Å². The highest BCUT2D eigenvalue weighted by atomic mass is 35.5. The number of hydrogen-bond acceptors (Lipinski definition) is 1. The van der Waals surface area contributed by atoms with E-state index in [1.807, 2.05) is 6.92 Å². The fraction of sp³-hybridized carbons (Fsp3) is 0.333. The van der Waals surface area contributed by atoms with Crippen molar-refractivity contribution in [3.8, 4) is 0 Å². The third-order valence-corrected chi connectivity index (χ3v) is 2.55. The van der Waals surface area contributed by atoms with Crippen LogP contribution in [0.15, 0.2) is 30.4 Å². The van der Waals surface area contributed by atoms with Gasteiger partial charge in [-0.3, -0.25) is 0 Å². The predicted molar refractivity (Wildman–Crippen MR) is 65.5 cm³/mol. The van der Waals surface area contributed by atoms with Crippen molar-refractivity contribution in [3.05, 3.63) is 46.0 Å². The molecule has 1 atom stereocenters. The average Bonchev–Trinajstić information content (AvgIpc) is 2.12. The Morgan fingerprint density at radius 2 is 1.87 bits per heavy atom. The van der Waals surface area contributed by atoms with Crippen molar-refractivity contribution in [2.24, 2.45) is 0 Å². The first-order valence-electron chi connectivity index (χ1n) is 4.77. The van der Waals surface area contributed by atoms with E-state index in [0.717, 1.165) is 17.6 Å². The molecular formula is C12H14Cl2O. The van der Waals surface area contributed by atoms with E-state index in [0.29, 0.717) is 16.5 Å². The van der Waals surface area contributed by atoms with Crippen LogP contribution in [0.5, 0.6) is 0 Å². The van der Waals surface area contributed by atoms with Gasteiger partial charge in [0, 0.05) is 10.0 Å². The van der Waals surface area contributed by atoms with Gasteiger partial charge in [-0.25, -0.2) is 0 Å². The highest BCUT2D eigenvalue weighted by Gasteiger charge is 2.09. The van der Waals surface area contributed by atoms with E-state index >= 15 is 0 Å². The third-order valence-electron chi connectivity index (χ3n) is 2.11. The predicted octanol–water partition coefficient (Wildman–Crippen LogP) is 4.38. The SMILES string of the molecule is C=C(C)CCC(O)c1cc(Cl)cc(Cl)c1. The van der Waals surface area contributed by atoms with Crippen LogP contribution in [0.25, 0.3) is 0 Å². The number of hydrogen-bond donors (Lipinski definition) is 1. The second kappa shape index (κ2) is 5.55. The van der Waals surface area contributed by atoms with E-state index in [1.165, 1.54) is 0 Å². The zero-order chi connectivity index (χ0) is 11.4. The Kier molecular flexibility index (Phi) is 4.65. The van der Waals surface area contributed by atoms with E-state index in [-0.39, 0.29) is 0 Å². The molecule has 15 heavy (non-hydrogen) atoms. The molecule has 0 saturated heterocycles. The molecule has 1 N–H and O–H groups in total. The lowest BCUT2D eigenvalue weighted by molar-refractivity contribution is 0.168. The molecule has 1 aromatic rings. The zero-order valence-electron chi connectivity index (χ0n) is 8.63. The van der Waals surface area contributed by atoms with Crippen LogP contribution in [0.1, 0.15) is 31.4 Å². The molecular weight excluding hydrogens is 231 g/mol. The Morgan fingerprint density at radius 3 is 2.33 bits per heavy atom. The van der Waals surface area contributed by atoms with Gasteiger partial charge in [0.25, 0.3) is 0 Å². The number of rotatable bonds is 4. The first kappa shape index (κ1) is 12.6. The summed E-state index contributed by atoms with van der Waals surface area (Å²) in [5, 5.41) is 11.0. The normalized spacial score (nSPS) is 12.5. The molecule has 0 aliphatic rings. The largest absolute Gasteiger partial charge is 0.388 e. The first-order valence-corrected chi connectivity index (χ1v) is 5.53. The summed E-state index contributed by atoms with van der Waals surface area (Å²) < 4.78 is 0. The summed E-state index contributed by atoms with van der Waals surface area (Å²) in [7, 11) is 0. The van der Waals surface area contributed by atoms with Crippen LogP contribution in [0, 0.1) is 0 Å². The second-order valence-corrected chi connectivity index (χ2v) is 4.59. The Balaban J connectivity index is 2.72. The fourth-order valence-corrected chi connectivity index (χ4v) is 1.86.